The first-order valence-corrected chi connectivity index (χ1v) is 9.62. The summed E-state index contributed by atoms with van der Waals surface area (Å²) in [6, 6.07) is 6.10. The van der Waals surface area contributed by atoms with Gasteiger partial charge in [-0.15, -0.1) is 5.10 Å². The lowest BCUT2D eigenvalue weighted by Gasteiger charge is -2.19. The molecule has 136 valence electrons. The third-order valence-electron chi connectivity index (χ3n) is 5.25. The van der Waals surface area contributed by atoms with Crippen molar-refractivity contribution in [3.8, 4) is 17.0 Å². The molecular weight excluding hydrogens is 348 g/mol. The molecular formula is C20H23ClN4O. The summed E-state index contributed by atoms with van der Waals surface area (Å²) in [6.07, 6.45) is 6.43. The van der Waals surface area contributed by atoms with E-state index >= 15 is 0 Å². The molecule has 3 aromatic rings. The van der Waals surface area contributed by atoms with Crippen LogP contribution in [0.5, 0.6) is 5.75 Å². The van der Waals surface area contributed by atoms with E-state index in [2.05, 4.69) is 28.6 Å². The molecule has 0 aliphatic heterocycles. The summed E-state index contributed by atoms with van der Waals surface area (Å²) in [5.41, 5.74) is 3.49. The molecule has 0 amide bonds. The summed E-state index contributed by atoms with van der Waals surface area (Å²) in [4.78, 5) is 4.94. The Hall–Kier alpha value is -2.14. The standard InChI is InChI=1S/C20H23ClN4O/c1-4-16(12-6-7-12)25-17-11-22-24-19(20(17)23-18(25)5-2)14-9-8-13(26-3)10-15(14)21/h8-12,16H,4-7H2,1-3H3. The van der Waals surface area contributed by atoms with Crippen molar-refractivity contribution in [2.24, 2.45) is 5.92 Å². The molecule has 0 bridgehead atoms. The largest absolute Gasteiger partial charge is 0.497 e. The van der Waals surface area contributed by atoms with Gasteiger partial charge >= 0.3 is 0 Å². The molecule has 0 radical (unpaired) electrons. The molecule has 0 spiro atoms. The minimum absolute atomic E-state index is 0.485. The highest BCUT2D eigenvalue weighted by molar-refractivity contribution is 6.33. The van der Waals surface area contributed by atoms with Crippen molar-refractivity contribution in [3.05, 3.63) is 35.2 Å². The van der Waals surface area contributed by atoms with Crippen LogP contribution in [0.1, 0.15) is 45.0 Å². The normalized spacial score (nSPS) is 15.4. The van der Waals surface area contributed by atoms with Crippen LogP contribution in [0, 0.1) is 5.92 Å². The van der Waals surface area contributed by atoms with Gasteiger partial charge in [-0.25, -0.2) is 4.98 Å². The second-order valence-corrected chi connectivity index (χ2v) is 7.24. The zero-order chi connectivity index (χ0) is 18.3. The smallest absolute Gasteiger partial charge is 0.122 e. The Morgan fingerprint density at radius 2 is 2.12 bits per heavy atom. The van der Waals surface area contributed by atoms with Crippen molar-refractivity contribution in [1.29, 1.82) is 0 Å². The predicted molar refractivity (Wildman–Crippen MR) is 104 cm³/mol. The van der Waals surface area contributed by atoms with Gasteiger partial charge < -0.3 is 9.30 Å². The number of nitrogens with zero attached hydrogens (tertiary/aromatic N) is 4. The predicted octanol–water partition coefficient (Wildman–Crippen LogP) is 5.08. The van der Waals surface area contributed by atoms with Crippen molar-refractivity contribution in [2.45, 2.75) is 45.6 Å². The van der Waals surface area contributed by atoms with Gasteiger partial charge in [-0.1, -0.05) is 25.4 Å². The lowest BCUT2D eigenvalue weighted by Crippen LogP contribution is -2.13. The molecule has 26 heavy (non-hydrogen) atoms. The quantitative estimate of drug-likeness (QED) is 0.607. The third-order valence-corrected chi connectivity index (χ3v) is 5.56. The van der Waals surface area contributed by atoms with Gasteiger partial charge in [0.25, 0.3) is 0 Å². The number of halogens is 1. The lowest BCUT2D eigenvalue weighted by molar-refractivity contribution is 0.415. The number of aromatic nitrogens is 4. The Kier molecular flexibility index (Phi) is 4.57. The van der Waals surface area contributed by atoms with Crippen LogP contribution in [0.25, 0.3) is 22.3 Å². The van der Waals surface area contributed by atoms with Crippen LogP contribution in [-0.2, 0) is 6.42 Å². The molecule has 1 aromatic carbocycles. The minimum Gasteiger partial charge on any atom is -0.497 e. The van der Waals surface area contributed by atoms with E-state index < -0.39 is 0 Å². The van der Waals surface area contributed by atoms with Crippen molar-refractivity contribution in [2.75, 3.05) is 7.11 Å². The molecule has 2 aromatic heterocycles. The fraction of sp³-hybridized carbons (Fsp3) is 0.450. The molecule has 1 saturated carbocycles. The van der Waals surface area contributed by atoms with E-state index in [1.807, 2.05) is 18.3 Å². The van der Waals surface area contributed by atoms with E-state index in [1.54, 1.807) is 13.2 Å². The van der Waals surface area contributed by atoms with Crippen molar-refractivity contribution < 1.29 is 4.74 Å². The monoisotopic (exact) mass is 370 g/mol. The van der Waals surface area contributed by atoms with Crippen LogP contribution in [0.15, 0.2) is 24.4 Å². The van der Waals surface area contributed by atoms with Crippen LogP contribution in [-0.4, -0.2) is 26.9 Å². The van der Waals surface area contributed by atoms with Gasteiger partial charge in [-0.05, 0) is 43.4 Å². The highest BCUT2D eigenvalue weighted by Crippen LogP contribution is 2.44. The van der Waals surface area contributed by atoms with Crippen LogP contribution in [0.3, 0.4) is 0 Å². The maximum Gasteiger partial charge on any atom is 0.122 e. The number of rotatable bonds is 6. The molecule has 1 atom stereocenters. The zero-order valence-electron chi connectivity index (χ0n) is 15.4. The topological polar surface area (TPSA) is 52.8 Å². The van der Waals surface area contributed by atoms with Crippen LogP contribution in [0.4, 0.5) is 0 Å². The fourth-order valence-electron chi connectivity index (χ4n) is 3.80. The van der Waals surface area contributed by atoms with Crippen molar-refractivity contribution in [3.63, 3.8) is 0 Å². The number of benzene rings is 1. The number of fused-ring (bicyclic) bond motifs is 1. The molecule has 6 heteroatoms. The molecule has 1 aliphatic carbocycles. The first-order chi connectivity index (χ1) is 12.7. The summed E-state index contributed by atoms with van der Waals surface area (Å²) in [6.45, 7) is 4.41. The minimum atomic E-state index is 0.485. The lowest BCUT2D eigenvalue weighted by atomic mass is 10.1. The number of imidazole rings is 1. The maximum absolute atomic E-state index is 6.49. The van der Waals surface area contributed by atoms with Gasteiger partial charge in [-0.3, -0.25) is 0 Å². The summed E-state index contributed by atoms with van der Waals surface area (Å²) in [7, 11) is 1.63. The van der Waals surface area contributed by atoms with Gasteiger partial charge in [0.05, 0.1) is 23.8 Å². The summed E-state index contributed by atoms with van der Waals surface area (Å²) in [5.74, 6) is 2.57. The Balaban J connectivity index is 1.91. The molecule has 2 heterocycles. The summed E-state index contributed by atoms with van der Waals surface area (Å²) < 4.78 is 7.64. The van der Waals surface area contributed by atoms with E-state index in [0.29, 0.717) is 11.1 Å². The molecule has 1 fully saturated rings. The average Bonchev–Trinajstić information content (AvgIpc) is 3.43. The van der Waals surface area contributed by atoms with Gasteiger partial charge in [-0.2, -0.15) is 5.10 Å². The molecule has 1 aliphatic rings. The zero-order valence-corrected chi connectivity index (χ0v) is 16.1. The van der Waals surface area contributed by atoms with Gasteiger partial charge in [0.15, 0.2) is 0 Å². The Bertz CT molecular complexity index is 948. The number of aryl methyl sites for hydroxylation is 1. The Morgan fingerprint density at radius 1 is 1.31 bits per heavy atom. The highest BCUT2D eigenvalue weighted by Gasteiger charge is 2.33. The van der Waals surface area contributed by atoms with E-state index in [0.717, 1.165) is 52.6 Å². The van der Waals surface area contributed by atoms with E-state index in [1.165, 1.54) is 12.8 Å². The molecule has 5 nitrogen and oxygen atoms in total. The van der Waals surface area contributed by atoms with Crippen LogP contribution < -0.4 is 4.74 Å². The molecule has 1 unspecified atom stereocenters. The second kappa shape index (κ2) is 6.88. The van der Waals surface area contributed by atoms with Crippen LogP contribution in [0.2, 0.25) is 5.02 Å². The first-order valence-electron chi connectivity index (χ1n) is 9.24. The highest BCUT2D eigenvalue weighted by atomic mass is 35.5. The Labute approximate surface area is 158 Å². The Morgan fingerprint density at radius 3 is 2.73 bits per heavy atom. The fourth-order valence-corrected chi connectivity index (χ4v) is 4.06. The van der Waals surface area contributed by atoms with Gasteiger partial charge in [0.1, 0.15) is 22.8 Å². The number of hydrogen-bond donors (Lipinski definition) is 0. The second-order valence-electron chi connectivity index (χ2n) is 6.84. The van der Waals surface area contributed by atoms with E-state index in [4.69, 9.17) is 21.3 Å². The van der Waals surface area contributed by atoms with Crippen molar-refractivity contribution >= 4 is 22.6 Å². The number of methoxy groups -OCH3 is 1. The molecule has 0 saturated heterocycles. The van der Waals surface area contributed by atoms with Gasteiger partial charge in [0.2, 0.25) is 0 Å². The third kappa shape index (κ3) is 2.84. The van der Waals surface area contributed by atoms with E-state index in [-0.39, 0.29) is 0 Å². The number of hydrogen-bond acceptors (Lipinski definition) is 4. The summed E-state index contributed by atoms with van der Waals surface area (Å²) in [5, 5.41) is 9.24. The average molecular weight is 371 g/mol. The van der Waals surface area contributed by atoms with E-state index in [9.17, 15) is 0 Å². The van der Waals surface area contributed by atoms with Crippen molar-refractivity contribution in [1.82, 2.24) is 19.7 Å². The first kappa shape index (κ1) is 17.3. The molecule has 0 N–H and O–H groups in total. The van der Waals surface area contributed by atoms with Crippen LogP contribution >= 0.6 is 11.6 Å². The van der Waals surface area contributed by atoms with Gasteiger partial charge in [0, 0.05) is 18.0 Å². The molecule has 4 rings (SSSR count). The summed E-state index contributed by atoms with van der Waals surface area (Å²) >= 11 is 6.49. The number of ether oxygens (including phenoxy) is 1. The SMILES string of the molecule is CCc1nc2c(-c3ccc(OC)cc3Cl)nncc2n1C(CC)C1CC1. The maximum atomic E-state index is 6.49.